The summed E-state index contributed by atoms with van der Waals surface area (Å²) in [6.45, 7) is 8.65. The van der Waals surface area contributed by atoms with Crippen molar-refractivity contribution in [3.05, 3.63) is 47.4 Å². The van der Waals surface area contributed by atoms with E-state index < -0.39 is 63.0 Å². The van der Waals surface area contributed by atoms with Crippen molar-refractivity contribution in [1.82, 2.24) is 15.3 Å². The molecule has 1 aromatic carbocycles. The molecule has 3 atom stereocenters. The first-order valence-electron chi connectivity index (χ1n) is 11.9. The van der Waals surface area contributed by atoms with E-state index in [9.17, 15) is 32.1 Å². The van der Waals surface area contributed by atoms with Gasteiger partial charge in [0, 0.05) is 23.5 Å². The third kappa shape index (κ3) is 6.87. The van der Waals surface area contributed by atoms with Gasteiger partial charge in [-0.05, 0) is 46.6 Å². The van der Waals surface area contributed by atoms with E-state index >= 15 is 0 Å². The maximum atomic E-state index is 14.0. The predicted molar refractivity (Wildman–Crippen MR) is 135 cm³/mol. The zero-order valence-corrected chi connectivity index (χ0v) is 22.6. The van der Waals surface area contributed by atoms with E-state index in [4.69, 9.17) is 4.74 Å². The Morgan fingerprint density at radius 1 is 1.18 bits per heavy atom. The van der Waals surface area contributed by atoms with Crippen LogP contribution in [-0.2, 0) is 24.9 Å². The van der Waals surface area contributed by atoms with Crippen molar-refractivity contribution in [2.75, 3.05) is 11.5 Å². The third-order valence-electron chi connectivity index (χ3n) is 5.96. The number of nitrogens with zero attached hydrogens (tertiary/aromatic N) is 3. The maximum absolute atomic E-state index is 14.0. The van der Waals surface area contributed by atoms with Gasteiger partial charge in [0.1, 0.15) is 11.6 Å². The largest absolute Gasteiger partial charge is 0.444 e. The fourth-order valence-corrected chi connectivity index (χ4v) is 5.99. The van der Waals surface area contributed by atoms with Crippen molar-refractivity contribution in [3.63, 3.8) is 0 Å². The summed E-state index contributed by atoms with van der Waals surface area (Å²) in [4.78, 5) is 32.3. The van der Waals surface area contributed by atoms with Crippen LogP contribution in [0.15, 0.2) is 35.0 Å². The van der Waals surface area contributed by atoms with Crippen LogP contribution in [0, 0.1) is 13.8 Å². The first-order valence-corrected chi connectivity index (χ1v) is 13.7. The summed E-state index contributed by atoms with van der Waals surface area (Å²) >= 11 is 0. The molecule has 208 valence electrons. The van der Waals surface area contributed by atoms with Gasteiger partial charge in [0.05, 0.1) is 33.5 Å². The summed E-state index contributed by atoms with van der Waals surface area (Å²) in [7, 11) is -3.43. The van der Waals surface area contributed by atoms with Crippen LogP contribution < -0.4 is 5.32 Å². The highest BCUT2D eigenvalue weighted by atomic mass is 32.2. The monoisotopic (exact) mass is 556 g/mol. The molecule has 1 aliphatic heterocycles. The minimum Gasteiger partial charge on any atom is -0.444 e. The average Bonchev–Trinajstić information content (AvgIpc) is 2.78. The molecule has 38 heavy (non-hydrogen) atoms. The van der Waals surface area contributed by atoms with Gasteiger partial charge in [-0.1, -0.05) is 23.8 Å². The lowest BCUT2D eigenvalue weighted by molar-refractivity contribution is -0.269. The molecule has 2 amide bonds. The van der Waals surface area contributed by atoms with E-state index in [0.717, 1.165) is 23.5 Å². The molecule has 1 aromatic heterocycles. The second kappa shape index (κ2) is 10.6. The number of benzene rings is 1. The van der Waals surface area contributed by atoms with Crippen LogP contribution in [0.1, 0.15) is 50.4 Å². The molecule has 0 fully saturated rings. The lowest BCUT2D eigenvalue weighted by Crippen LogP contribution is -2.47. The topological polar surface area (TPSA) is 131 Å². The number of carbonyl (C=O) groups is 2. The van der Waals surface area contributed by atoms with Crippen molar-refractivity contribution in [2.45, 2.75) is 70.9 Å². The molecule has 0 bridgehead atoms. The number of hydrogen-bond acceptors (Lipinski definition) is 7. The van der Waals surface area contributed by atoms with Gasteiger partial charge >= 0.3 is 12.3 Å². The highest BCUT2D eigenvalue weighted by Gasteiger charge is 2.56. The summed E-state index contributed by atoms with van der Waals surface area (Å²) in [6, 6.07) is 4.41. The molecule has 1 aliphatic rings. The van der Waals surface area contributed by atoms with Crippen LogP contribution in [-0.4, -0.2) is 60.6 Å². The number of aryl methyl sites for hydroxylation is 2. The number of alkyl halides is 3. The summed E-state index contributed by atoms with van der Waals surface area (Å²) in [5, 5.41) is 13.0. The molecule has 2 heterocycles. The van der Waals surface area contributed by atoms with E-state index in [2.05, 4.69) is 19.6 Å². The number of hydrogen-bond donors (Lipinski definition) is 2. The minimum absolute atomic E-state index is 0.102. The quantitative estimate of drug-likeness (QED) is 0.546. The summed E-state index contributed by atoms with van der Waals surface area (Å²) in [6.07, 6.45) is -5.20. The fraction of sp³-hybridized carbons (Fsp3) is 0.520. The zero-order valence-electron chi connectivity index (χ0n) is 21.8. The lowest BCUT2D eigenvalue weighted by atomic mass is 9.95. The number of ether oxygens (including phenoxy) is 1. The molecule has 2 unspecified atom stereocenters. The smallest absolute Gasteiger partial charge is 0.423 e. The van der Waals surface area contributed by atoms with Gasteiger partial charge in [0.15, 0.2) is 0 Å². The van der Waals surface area contributed by atoms with Gasteiger partial charge in [-0.15, -0.1) is 0 Å². The van der Waals surface area contributed by atoms with Gasteiger partial charge in [-0.2, -0.15) is 17.5 Å². The van der Waals surface area contributed by atoms with Crippen molar-refractivity contribution in [2.24, 2.45) is 4.36 Å². The standard InChI is InChI=1S/C25H31F3N4O5S/c1-15-6-7-17(16(2)12-15)19-13-30-20(14-29-19)24(35,25(26,27)28)9-11-38(36)10-8-18(21(33)32-38)31-22(34)37-23(3,4)5/h6-7,12-14,18,35H,8-11H2,1-5H3,(H,31,34)/t18-,24?,38?/m0/s1. The average molecular weight is 557 g/mol. The summed E-state index contributed by atoms with van der Waals surface area (Å²) in [5.41, 5.74) is -2.15. The van der Waals surface area contributed by atoms with Crippen LogP contribution in [0.3, 0.4) is 0 Å². The Morgan fingerprint density at radius 3 is 2.39 bits per heavy atom. The minimum atomic E-state index is -5.17. The van der Waals surface area contributed by atoms with Crippen LogP contribution in [0.5, 0.6) is 0 Å². The molecule has 2 aromatic rings. The molecule has 0 spiro atoms. The van der Waals surface area contributed by atoms with Gasteiger partial charge < -0.3 is 15.2 Å². The molecule has 13 heteroatoms. The zero-order chi connectivity index (χ0) is 28.5. The highest BCUT2D eigenvalue weighted by molar-refractivity contribution is 7.93. The number of aliphatic hydroxyl groups is 1. The SMILES string of the molecule is Cc1ccc(-c2cnc(C(O)(CCS3(=O)=NC(=O)[C@@H](NC(=O)OC(C)(C)C)CC3)C(F)(F)F)cn2)c(C)c1. The number of halogens is 3. The van der Waals surface area contributed by atoms with Crippen molar-refractivity contribution in [3.8, 4) is 11.3 Å². The van der Waals surface area contributed by atoms with Gasteiger partial charge in [0.2, 0.25) is 5.60 Å². The lowest BCUT2D eigenvalue weighted by Gasteiger charge is -2.31. The molecule has 9 nitrogen and oxygen atoms in total. The molecular weight excluding hydrogens is 525 g/mol. The molecule has 3 rings (SSSR count). The fourth-order valence-electron chi connectivity index (χ4n) is 3.93. The van der Waals surface area contributed by atoms with E-state index in [1.54, 1.807) is 26.8 Å². The third-order valence-corrected chi connectivity index (χ3v) is 8.18. The Balaban J connectivity index is 1.79. The van der Waals surface area contributed by atoms with Crippen molar-refractivity contribution < 1.29 is 36.8 Å². The van der Waals surface area contributed by atoms with Gasteiger partial charge in [0.25, 0.3) is 5.91 Å². The maximum Gasteiger partial charge on any atom is 0.423 e. The molecule has 0 radical (unpaired) electrons. The Morgan fingerprint density at radius 2 is 1.87 bits per heavy atom. The van der Waals surface area contributed by atoms with Crippen LogP contribution >= 0.6 is 0 Å². The molecule has 0 saturated carbocycles. The van der Waals surface area contributed by atoms with Gasteiger partial charge in [-0.25, -0.2) is 9.00 Å². The number of alkyl carbamates (subject to hydrolysis) is 1. The van der Waals surface area contributed by atoms with Crippen LogP contribution in [0.2, 0.25) is 0 Å². The van der Waals surface area contributed by atoms with Crippen molar-refractivity contribution >= 4 is 21.7 Å². The molecule has 0 saturated heterocycles. The second-order valence-electron chi connectivity index (χ2n) is 10.3. The Kier molecular flexibility index (Phi) is 8.23. The summed E-state index contributed by atoms with van der Waals surface area (Å²) in [5.74, 6) is -1.89. The number of aromatic nitrogens is 2. The van der Waals surface area contributed by atoms with Crippen LogP contribution in [0.25, 0.3) is 11.3 Å². The summed E-state index contributed by atoms with van der Waals surface area (Å²) < 4.78 is 64.0. The molecule has 0 aliphatic carbocycles. The Bertz CT molecular complexity index is 1330. The molecule has 2 N–H and O–H groups in total. The Labute approximate surface area is 219 Å². The van der Waals surface area contributed by atoms with E-state index in [1.165, 1.54) is 0 Å². The first kappa shape index (κ1) is 29.5. The number of rotatable bonds is 6. The van der Waals surface area contributed by atoms with E-state index in [-0.39, 0.29) is 12.2 Å². The van der Waals surface area contributed by atoms with E-state index in [0.29, 0.717) is 11.3 Å². The van der Waals surface area contributed by atoms with E-state index in [1.807, 2.05) is 26.0 Å². The Hall–Kier alpha value is -3.06. The number of carbonyl (C=O) groups excluding carboxylic acids is 2. The predicted octanol–water partition coefficient (Wildman–Crippen LogP) is 4.19. The van der Waals surface area contributed by atoms with Crippen LogP contribution in [0.4, 0.5) is 18.0 Å². The molecular formula is C25H31F3N4O5S. The second-order valence-corrected chi connectivity index (χ2v) is 12.9. The van der Waals surface area contributed by atoms with Gasteiger partial charge in [-0.3, -0.25) is 14.8 Å². The normalized spacial score (nSPS) is 21.8. The number of nitrogens with one attached hydrogen (secondary N) is 1. The highest BCUT2D eigenvalue weighted by Crippen LogP contribution is 2.41. The number of amides is 2. The van der Waals surface area contributed by atoms with Crippen molar-refractivity contribution in [1.29, 1.82) is 0 Å². The first-order chi connectivity index (χ1) is 17.4.